The van der Waals surface area contributed by atoms with Gasteiger partial charge >= 0.3 is 6.18 Å². The van der Waals surface area contributed by atoms with E-state index in [0.29, 0.717) is 59.2 Å². The molecule has 1 saturated heterocycles. The molecule has 2 aromatic heterocycles. The molecule has 1 amide bonds. The number of nitrogens with zero attached hydrogens (tertiary/aromatic N) is 4. The van der Waals surface area contributed by atoms with Crippen molar-refractivity contribution < 1.29 is 31.8 Å². The summed E-state index contributed by atoms with van der Waals surface area (Å²) in [6.45, 7) is 3.75. The summed E-state index contributed by atoms with van der Waals surface area (Å²) in [7, 11) is 1.65. The Morgan fingerprint density at radius 1 is 1.00 bits per heavy atom. The number of rotatable bonds is 13. The smallest absolute Gasteiger partial charge is 0.416 e. The first-order chi connectivity index (χ1) is 24.6. The van der Waals surface area contributed by atoms with E-state index in [1.807, 2.05) is 18.2 Å². The summed E-state index contributed by atoms with van der Waals surface area (Å²) < 4.78 is 66.1. The standard InChI is InChI=1S/C38H38ClF4N5O3/c1-50-20-19-48-34-12-8-27(37(49)44-16-13-25-5-9-29(10-6-25)38(41,42)43)21-33(34)45-35(48)23-47-17-14-26(15-18-47)32-3-2-4-36(46-32)51-24-28-7-11-30(39)22-31(28)40/h2-12,21-22,26H,13-20,23-24H2,1H3,(H,44,49). The first-order valence-electron chi connectivity index (χ1n) is 16.8. The van der Waals surface area contributed by atoms with Crippen molar-refractivity contribution in [3.63, 3.8) is 0 Å². The van der Waals surface area contributed by atoms with E-state index in [4.69, 9.17) is 31.0 Å². The van der Waals surface area contributed by atoms with Crippen molar-refractivity contribution >= 4 is 28.5 Å². The van der Waals surface area contributed by atoms with Gasteiger partial charge in [0.2, 0.25) is 5.88 Å². The summed E-state index contributed by atoms with van der Waals surface area (Å²) in [5.74, 6) is 0.885. The lowest BCUT2D eigenvalue weighted by Gasteiger charge is -2.31. The largest absolute Gasteiger partial charge is 0.473 e. The fourth-order valence-electron chi connectivity index (χ4n) is 6.27. The van der Waals surface area contributed by atoms with Crippen LogP contribution in [0.3, 0.4) is 0 Å². The highest BCUT2D eigenvalue weighted by Crippen LogP contribution is 2.31. The Labute approximate surface area is 298 Å². The second kappa shape index (κ2) is 16.2. The maximum atomic E-state index is 14.2. The number of aromatic nitrogens is 3. The highest BCUT2D eigenvalue weighted by molar-refractivity contribution is 6.30. The van der Waals surface area contributed by atoms with E-state index in [0.717, 1.165) is 55.1 Å². The van der Waals surface area contributed by atoms with Crippen LogP contribution in [0.5, 0.6) is 5.88 Å². The van der Waals surface area contributed by atoms with E-state index in [9.17, 15) is 22.4 Å². The molecule has 5 aromatic rings. The van der Waals surface area contributed by atoms with Crippen molar-refractivity contribution in [3.8, 4) is 5.88 Å². The maximum absolute atomic E-state index is 14.2. The zero-order chi connectivity index (χ0) is 36.0. The second-order valence-corrected chi connectivity index (χ2v) is 13.0. The summed E-state index contributed by atoms with van der Waals surface area (Å²) in [6.07, 6.45) is -2.18. The van der Waals surface area contributed by atoms with Gasteiger partial charge in [-0.05, 0) is 86.4 Å². The van der Waals surface area contributed by atoms with Crippen LogP contribution in [0.25, 0.3) is 11.0 Å². The molecule has 3 aromatic carbocycles. The van der Waals surface area contributed by atoms with E-state index in [-0.39, 0.29) is 25.0 Å². The number of amides is 1. The number of ether oxygens (including phenoxy) is 2. The molecule has 268 valence electrons. The SMILES string of the molecule is COCCn1c(CN2CCC(c3cccc(OCc4ccc(Cl)cc4F)n3)CC2)nc2cc(C(=O)NCCc3ccc(C(F)(F)F)cc3)ccc21. The van der Waals surface area contributed by atoms with Gasteiger partial charge in [0.25, 0.3) is 5.91 Å². The molecule has 0 aliphatic carbocycles. The Morgan fingerprint density at radius 2 is 1.78 bits per heavy atom. The van der Waals surface area contributed by atoms with Crippen LogP contribution in [0.2, 0.25) is 5.02 Å². The molecule has 1 aliphatic heterocycles. The third-order valence-electron chi connectivity index (χ3n) is 9.10. The highest BCUT2D eigenvalue weighted by Gasteiger charge is 2.30. The van der Waals surface area contributed by atoms with Crippen LogP contribution in [0.15, 0.2) is 78.9 Å². The van der Waals surface area contributed by atoms with Crippen LogP contribution in [-0.2, 0) is 37.0 Å². The van der Waals surface area contributed by atoms with Crippen LogP contribution in [-0.4, -0.2) is 58.7 Å². The molecular formula is C38H38ClF4N5O3. The first kappa shape index (κ1) is 36.3. The Bertz CT molecular complexity index is 1960. The van der Waals surface area contributed by atoms with Crippen LogP contribution >= 0.6 is 11.6 Å². The quantitative estimate of drug-likeness (QED) is 0.125. The average Bonchev–Trinajstić information content (AvgIpc) is 3.46. The van der Waals surface area contributed by atoms with Gasteiger partial charge in [0.1, 0.15) is 18.2 Å². The number of carbonyl (C=O) groups excluding carboxylic acids is 1. The van der Waals surface area contributed by atoms with Gasteiger partial charge < -0.3 is 19.4 Å². The van der Waals surface area contributed by atoms with Crippen LogP contribution < -0.4 is 10.1 Å². The predicted octanol–water partition coefficient (Wildman–Crippen LogP) is 7.82. The number of benzene rings is 3. The first-order valence-corrected chi connectivity index (χ1v) is 17.1. The lowest BCUT2D eigenvalue weighted by molar-refractivity contribution is -0.137. The molecule has 0 unspecified atom stereocenters. The lowest BCUT2D eigenvalue weighted by Crippen LogP contribution is -2.33. The molecule has 51 heavy (non-hydrogen) atoms. The summed E-state index contributed by atoms with van der Waals surface area (Å²) in [4.78, 5) is 25.0. The molecule has 0 saturated carbocycles. The number of methoxy groups -OCH3 is 1. The summed E-state index contributed by atoms with van der Waals surface area (Å²) in [6, 6.07) is 20.6. The number of alkyl halides is 3. The second-order valence-electron chi connectivity index (χ2n) is 12.6. The molecule has 0 bridgehead atoms. The molecule has 0 atom stereocenters. The normalized spacial score (nSPS) is 14.2. The van der Waals surface area contributed by atoms with Crippen molar-refractivity contribution in [2.45, 2.75) is 51.1 Å². The molecule has 1 N–H and O–H groups in total. The number of hydrogen-bond donors (Lipinski definition) is 1. The number of carbonyl (C=O) groups is 1. The Hall–Kier alpha value is -4.52. The van der Waals surface area contributed by atoms with Gasteiger partial charge in [-0.3, -0.25) is 9.69 Å². The van der Waals surface area contributed by atoms with Gasteiger partial charge in [0.05, 0.1) is 29.7 Å². The minimum absolute atomic E-state index is 0.0556. The molecule has 8 nitrogen and oxygen atoms in total. The summed E-state index contributed by atoms with van der Waals surface area (Å²) >= 11 is 5.86. The van der Waals surface area contributed by atoms with Gasteiger partial charge in [0, 0.05) is 54.0 Å². The van der Waals surface area contributed by atoms with E-state index in [1.165, 1.54) is 18.2 Å². The van der Waals surface area contributed by atoms with E-state index in [2.05, 4.69) is 14.8 Å². The van der Waals surface area contributed by atoms with Gasteiger partial charge in [0.15, 0.2) is 0 Å². The molecule has 0 radical (unpaired) electrons. The van der Waals surface area contributed by atoms with E-state index >= 15 is 0 Å². The molecule has 3 heterocycles. The zero-order valence-electron chi connectivity index (χ0n) is 28.1. The van der Waals surface area contributed by atoms with Gasteiger partial charge in [-0.25, -0.2) is 14.4 Å². The van der Waals surface area contributed by atoms with Crippen molar-refractivity contribution in [1.82, 2.24) is 24.8 Å². The Balaban J connectivity index is 1.05. The van der Waals surface area contributed by atoms with Crippen molar-refractivity contribution in [3.05, 3.63) is 123 Å². The topological polar surface area (TPSA) is 81.5 Å². The van der Waals surface area contributed by atoms with E-state index < -0.39 is 17.6 Å². The average molecular weight is 724 g/mol. The highest BCUT2D eigenvalue weighted by atomic mass is 35.5. The van der Waals surface area contributed by atoms with Gasteiger partial charge in [-0.15, -0.1) is 0 Å². The number of likely N-dealkylation sites (tertiary alicyclic amines) is 1. The minimum atomic E-state index is -4.38. The predicted molar refractivity (Wildman–Crippen MR) is 186 cm³/mol. The van der Waals surface area contributed by atoms with E-state index in [1.54, 1.807) is 37.4 Å². The number of halogens is 5. The van der Waals surface area contributed by atoms with Crippen LogP contribution in [0.4, 0.5) is 17.6 Å². The molecular weight excluding hydrogens is 686 g/mol. The number of imidazole rings is 1. The number of nitrogens with one attached hydrogen (secondary N) is 1. The van der Waals surface area contributed by atoms with Gasteiger partial charge in [-0.1, -0.05) is 35.9 Å². The molecule has 6 rings (SSSR count). The Morgan fingerprint density at radius 3 is 2.51 bits per heavy atom. The monoisotopic (exact) mass is 723 g/mol. The van der Waals surface area contributed by atoms with Crippen LogP contribution in [0, 0.1) is 5.82 Å². The molecule has 0 spiro atoms. The van der Waals surface area contributed by atoms with Crippen LogP contribution in [0.1, 0.15) is 57.3 Å². The number of pyridine rings is 1. The van der Waals surface area contributed by atoms with Gasteiger partial charge in [-0.2, -0.15) is 13.2 Å². The molecule has 1 fully saturated rings. The molecule has 13 heteroatoms. The third-order valence-corrected chi connectivity index (χ3v) is 9.33. The number of hydrogen-bond acceptors (Lipinski definition) is 6. The minimum Gasteiger partial charge on any atom is -0.473 e. The van der Waals surface area contributed by atoms with Crippen molar-refractivity contribution in [1.29, 1.82) is 0 Å². The molecule has 1 aliphatic rings. The lowest BCUT2D eigenvalue weighted by atomic mass is 9.93. The third kappa shape index (κ3) is 9.24. The van der Waals surface area contributed by atoms with Crippen molar-refractivity contribution in [2.24, 2.45) is 0 Å². The number of fused-ring (bicyclic) bond motifs is 1. The number of piperidine rings is 1. The fourth-order valence-corrected chi connectivity index (χ4v) is 6.43. The Kier molecular flexibility index (Phi) is 11.5. The fraction of sp³-hybridized carbons (Fsp3) is 0.342. The summed E-state index contributed by atoms with van der Waals surface area (Å²) in [5.41, 5.74) is 3.41. The maximum Gasteiger partial charge on any atom is 0.416 e. The summed E-state index contributed by atoms with van der Waals surface area (Å²) in [5, 5.41) is 3.20. The zero-order valence-corrected chi connectivity index (χ0v) is 28.8. The van der Waals surface area contributed by atoms with Crippen molar-refractivity contribution in [2.75, 3.05) is 33.4 Å².